The molecule has 0 fully saturated rings. The molecule has 3 aromatic heterocycles. The van der Waals surface area contributed by atoms with Gasteiger partial charge in [0.25, 0.3) is 0 Å². The Morgan fingerprint density at radius 3 is 2.56 bits per heavy atom. The van der Waals surface area contributed by atoms with Gasteiger partial charge in [0.1, 0.15) is 5.75 Å². The standard InChI is InChI=1S/C24H18F2N6O2/c1-34-21-11-15(16-12-29-31(14-16)24(25)26)7-8-18(21)19-13-27-30-22(23(19)33)20-9-10-28-32(20)17-5-3-2-4-6-17/h2-14,24H,1H3,(H,27,33). The Labute approximate surface area is 192 Å². The predicted molar refractivity (Wildman–Crippen MR) is 122 cm³/mol. The summed E-state index contributed by atoms with van der Waals surface area (Å²) in [6, 6.07) is 16.2. The van der Waals surface area contributed by atoms with Crippen molar-refractivity contribution in [2.45, 2.75) is 6.55 Å². The van der Waals surface area contributed by atoms with Crippen LogP contribution in [0.2, 0.25) is 0 Å². The second kappa shape index (κ2) is 8.74. The van der Waals surface area contributed by atoms with E-state index < -0.39 is 6.55 Å². The lowest BCUT2D eigenvalue weighted by Crippen LogP contribution is -2.14. The van der Waals surface area contributed by atoms with Gasteiger partial charge in [0, 0.05) is 23.5 Å². The summed E-state index contributed by atoms with van der Waals surface area (Å²) in [6.07, 6.45) is 5.70. The minimum absolute atomic E-state index is 0.197. The number of nitrogens with zero attached hydrogens (tertiary/aromatic N) is 5. The van der Waals surface area contributed by atoms with Gasteiger partial charge in [-0.25, -0.2) is 9.36 Å². The van der Waals surface area contributed by atoms with Crippen molar-refractivity contribution in [2.75, 3.05) is 7.11 Å². The molecule has 5 rings (SSSR count). The third kappa shape index (κ3) is 3.75. The van der Waals surface area contributed by atoms with E-state index in [1.165, 1.54) is 25.7 Å². The number of rotatable bonds is 6. The number of hydrogen-bond donors (Lipinski definition) is 1. The van der Waals surface area contributed by atoms with Gasteiger partial charge in [-0.2, -0.15) is 24.1 Å². The number of ether oxygens (including phenoxy) is 1. The summed E-state index contributed by atoms with van der Waals surface area (Å²) in [5.41, 5.74) is 3.21. The molecule has 0 radical (unpaired) electrons. The normalized spacial score (nSPS) is 11.2. The Bertz CT molecular complexity index is 1510. The van der Waals surface area contributed by atoms with Crippen molar-refractivity contribution in [1.29, 1.82) is 0 Å². The van der Waals surface area contributed by atoms with Crippen molar-refractivity contribution in [3.8, 4) is 45.1 Å². The van der Waals surface area contributed by atoms with Crippen LogP contribution in [0.3, 0.4) is 0 Å². The molecular weight excluding hydrogens is 442 g/mol. The van der Waals surface area contributed by atoms with Gasteiger partial charge in [0.05, 0.1) is 36.4 Å². The van der Waals surface area contributed by atoms with Gasteiger partial charge in [0.2, 0.25) is 5.43 Å². The lowest BCUT2D eigenvalue weighted by Gasteiger charge is -2.11. The van der Waals surface area contributed by atoms with Gasteiger partial charge >= 0.3 is 6.55 Å². The molecule has 0 saturated heterocycles. The fourth-order valence-electron chi connectivity index (χ4n) is 3.72. The van der Waals surface area contributed by atoms with E-state index in [1.54, 1.807) is 35.1 Å². The first-order chi connectivity index (χ1) is 16.6. The Balaban J connectivity index is 1.58. The number of nitrogens with one attached hydrogen (secondary N) is 1. The van der Waals surface area contributed by atoms with Crippen LogP contribution in [0.5, 0.6) is 5.75 Å². The fourth-order valence-corrected chi connectivity index (χ4v) is 3.72. The molecule has 0 atom stereocenters. The van der Waals surface area contributed by atoms with Crippen molar-refractivity contribution in [3.05, 3.63) is 89.6 Å². The number of alkyl halides is 2. The first-order valence-corrected chi connectivity index (χ1v) is 10.3. The molecular formula is C24H18F2N6O2. The van der Waals surface area contributed by atoms with Gasteiger partial charge < -0.3 is 4.74 Å². The number of para-hydroxylation sites is 1. The molecule has 0 aliphatic carbocycles. The summed E-state index contributed by atoms with van der Waals surface area (Å²) >= 11 is 0. The zero-order valence-corrected chi connectivity index (χ0v) is 17.9. The fraction of sp³-hybridized carbons (Fsp3) is 0.0833. The molecule has 170 valence electrons. The maximum absolute atomic E-state index is 13.5. The number of methoxy groups -OCH3 is 1. The predicted octanol–water partition coefficient (Wildman–Crippen LogP) is 4.56. The third-order valence-electron chi connectivity index (χ3n) is 5.36. The van der Waals surface area contributed by atoms with E-state index >= 15 is 0 Å². The van der Waals surface area contributed by atoms with Crippen molar-refractivity contribution >= 4 is 0 Å². The summed E-state index contributed by atoms with van der Waals surface area (Å²) in [5.74, 6) is 0.404. The van der Waals surface area contributed by atoms with E-state index in [0.29, 0.717) is 38.4 Å². The van der Waals surface area contributed by atoms with Crippen LogP contribution in [0.25, 0.3) is 39.3 Å². The van der Waals surface area contributed by atoms with E-state index in [4.69, 9.17) is 4.74 Å². The van der Waals surface area contributed by atoms with Crippen LogP contribution < -0.4 is 10.2 Å². The highest BCUT2D eigenvalue weighted by Crippen LogP contribution is 2.33. The van der Waals surface area contributed by atoms with E-state index in [0.717, 1.165) is 5.69 Å². The molecule has 0 bridgehead atoms. The van der Waals surface area contributed by atoms with Gasteiger partial charge in [-0.3, -0.25) is 9.89 Å². The van der Waals surface area contributed by atoms with Gasteiger partial charge in [0.15, 0.2) is 5.69 Å². The Kier molecular flexibility index (Phi) is 5.46. The van der Waals surface area contributed by atoms with Crippen LogP contribution in [0.15, 0.2) is 84.2 Å². The smallest absolute Gasteiger partial charge is 0.333 e. The molecule has 3 heterocycles. The molecule has 34 heavy (non-hydrogen) atoms. The molecule has 0 unspecified atom stereocenters. The van der Waals surface area contributed by atoms with Gasteiger partial charge in [-0.1, -0.05) is 24.3 Å². The highest BCUT2D eigenvalue weighted by molar-refractivity contribution is 5.77. The van der Waals surface area contributed by atoms with Crippen molar-refractivity contribution < 1.29 is 13.5 Å². The van der Waals surface area contributed by atoms with E-state index in [2.05, 4.69) is 20.4 Å². The van der Waals surface area contributed by atoms with E-state index in [-0.39, 0.29) is 11.1 Å². The zero-order chi connectivity index (χ0) is 23.7. The lowest BCUT2D eigenvalue weighted by molar-refractivity contribution is 0.0566. The average molecular weight is 460 g/mol. The molecule has 0 saturated carbocycles. The first kappa shape index (κ1) is 21.3. The second-order valence-electron chi connectivity index (χ2n) is 7.34. The van der Waals surface area contributed by atoms with Crippen LogP contribution in [-0.2, 0) is 0 Å². The minimum Gasteiger partial charge on any atom is -0.496 e. The topological polar surface area (TPSA) is 90.6 Å². The molecule has 0 spiro atoms. The first-order valence-electron chi connectivity index (χ1n) is 10.3. The number of aromatic nitrogens is 6. The average Bonchev–Trinajstić information content (AvgIpc) is 3.55. The van der Waals surface area contributed by atoms with Crippen molar-refractivity contribution in [1.82, 2.24) is 29.8 Å². The van der Waals surface area contributed by atoms with Crippen LogP contribution in [0.1, 0.15) is 6.55 Å². The maximum Gasteiger partial charge on any atom is 0.333 e. The molecule has 5 aromatic rings. The maximum atomic E-state index is 13.5. The van der Waals surface area contributed by atoms with Gasteiger partial charge in [-0.05, 0) is 35.9 Å². The summed E-state index contributed by atoms with van der Waals surface area (Å²) in [6.45, 7) is -2.73. The SMILES string of the molecule is COc1cc(-c2cnn(C(F)F)c2)ccc1-c1c[nH]nc(-c2ccnn2-c2ccccc2)c1=O. The Hall–Kier alpha value is -4.60. The van der Waals surface area contributed by atoms with Crippen LogP contribution >= 0.6 is 0 Å². The number of hydrogen-bond acceptors (Lipinski definition) is 5. The molecule has 1 N–H and O–H groups in total. The Morgan fingerprint density at radius 1 is 1.00 bits per heavy atom. The van der Waals surface area contributed by atoms with Crippen LogP contribution in [0, 0.1) is 0 Å². The largest absolute Gasteiger partial charge is 0.496 e. The number of halogens is 2. The number of benzene rings is 2. The van der Waals surface area contributed by atoms with Crippen LogP contribution in [0.4, 0.5) is 8.78 Å². The molecule has 10 heteroatoms. The third-order valence-corrected chi connectivity index (χ3v) is 5.36. The van der Waals surface area contributed by atoms with Crippen molar-refractivity contribution in [3.63, 3.8) is 0 Å². The molecule has 8 nitrogen and oxygen atoms in total. The molecule has 0 amide bonds. The van der Waals surface area contributed by atoms with E-state index in [1.807, 2.05) is 30.3 Å². The summed E-state index contributed by atoms with van der Waals surface area (Å²) in [7, 11) is 1.48. The number of aromatic amines is 1. The van der Waals surface area contributed by atoms with Crippen LogP contribution in [-0.4, -0.2) is 36.9 Å². The summed E-state index contributed by atoms with van der Waals surface area (Å²) in [4.78, 5) is 13.5. The summed E-state index contributed by atoms with van der Waals surface area (Å²) < 4.78 is 33.5. The van der Waals surface area contributed by atoms with Gasteiger partial charge in [-0.15, -0.1) is 0 Å². The minimum atomic E-state index is -2.73. The van der Waals surface area contributed by atoms with E-state index in [9.17, 15) is 13.6 Å². The highest BCUT2D eigenvalue weighted by atomic mass is 19.3. The Morgan fingerprint density at radius 2 is 1.82 bits per heavy atom. The second-order valence-corrected chi connectivity index (χ2v) is 7.34. The monoisotopic (exact) mass is 460 g/mol. The van der Waals surface area contributed by atoms with Crippen molar-refractivity contribution in [2.24, 2.45) is 0 Å². The summed E-state index contributed by atoms with van der Waals surface area (Å²) in [5, 5.41) is 15.0. The number of H-pyrrole nitrogens is 1. The highest BCUT2D eigenvalue weighted by Gasteiger charge is 2.19. The molecule has 0 aliphatic rings. The molecule has 2 aromatic carbocycles. The lowest BCUT2D eigenvalue weighted by atomic mass is 10.0. The quantitative estimate of drug-likeness (QED) is 0.401. The zero-order valence-electron chi connectivity index (χ0n) is 17.9. The molecule has 0 aliphatic heterocycles.